The van der Waals surface area contributed by atoms with Crippen molar-refractivity contribution in [2.24, 2.45) is 11.7 Å². The number of hydrogen-bond donors (Lipinski definition) is 2. The lowest BCUT2D eigenvalue weighted by molar-refractivity contribution is -0.122. The van der Waals surface area contributed by atoms with Gasteiger partial charge in [-0.15, -0.1) is 12.4 Å². The normalized spacial score (nSPS) is 30.5. The minimum atomic E-state index is 0. The first-order chi connectivity index (χ1) is 6.75. The van der Waals surface area contributed by atoms with E-state index in [1.807, 2.05) is 0 Å². The summed E-state index contributed by atoms with van der Waals surface area (Å²) in [6.45, 7) is 1.61. The Balaban J connectivity index is 0.00000112. The second-order valence-corrected chi connectivity index (χ2v) is 4.33. The number of hydrogen-bond acceptors (Lipinski definition) is 3. The molecule has 0 aromatic heterocycles. The van der Waals surface area contributed by atoms with Crippen LogP contribution in [0.3, 0.4) is 0 Å². The molecule has 1 amide bonds. The number of amides is 1. The molecule has 2 aliphatic rings. The largest absolute Gasteiger partial charge is 0.381 e. The number of rotatable bonds is 3. The summed E-state index contributed by atoms with van der Waals surface area (Å²) >= 11 is 0. The van der Waals surface area contributed by atoms with E-state index in [4.69, 9.17) is 10.5 Å². The van der Waals surface area contributed by atoms with Crippen LogP contribution in [0.4, 0.5) is 0 Å². The summed E-state index contributed by atoms with van der Waals surface area (Å²) in [5.74, 6) is 0.675. The third-order valence-corrected chi connectivity index (χ3v) is 3.00. The zero-order valence-electron chi connectivity index (χ0n) is 8.78. The number of nitrogens with two attached hydrogens (primary N) is 1. The van der Waals surface area contributed by atoms with Crippen LogP contribution in [-0.4, -0.2) is 31.2 Å². The summed E-state index contributed by atoms with van der Waals surface area (Å²) < 4.78 is 5.24. The SMILES string of the molecule is Cl.NC1CC1NC(=O)CC1CCOCC1. The summed E-state index contributed by atoms with van der Waals surface area (Å²) in [4.78, 5) is 11.5. The molecule has 88 valence electrons. The van der Waals surface area contributed by atoms with Gasteiger partial charge < -0.3 is 15.8 Å². The molecule has 2 rings (SSSR count). The van der Waals surface area contributed by atoms with Crippen LogP contribution in [-0.2, 0) is 9.53 Å². The van der Waals surface area contributed by atoms with Crippen molar-refractivity contribution in [2.45, 2.75) is 37.8 Å². The molecular formula is C10H19ClN2O2. The molecule has 15 heavy (non-hydrogen) atoms. The van der Waals surface area contributed by atoms with E-state index in [-0.39, 0.29) is 30.4 Å². The van der Waals surface area contributed by atoms with Crippen LogP contribution in [0, 0.1) is 5.92 Å². The second kappa shape index (κ2) is 5.68. The lowest BCUT2D eigenvalue weighted by Crippen LogP contribution is -2.32. The van der Waals surface area contributed by atoms with E-state index in [1.165, 1.54) is 0 Å². The Hall–Kier alpha value is -0.320. The summed E-state index contributed by atoms with van der Waals surface area (Å²) in [6.07, 6.45) is 3.63. The van der Waals surface area contributed by atoms with Crippen molar-refractivity contribution < 1.29 is 9.53 Å². The van der Waals surface area contributed by atoms with Gasteiger partial charge in [-0.1, -0.05) is 0 Å². The van der Waals surface area contributed by atoms with Crippen LogP contribution in [0.25, 0.3) is 0 Å². The van der Waals surface area contributed by atoms with Gasteiger partial charge in [-0.2, -0.15) is 0 Å². The molecule has 2 unspecified atom stereocenters. The maximum Gasteiger partial charge on any atom is 0.220 e. The van der Waals surface area contributed by atoms with E-state index in [0.29, 0.717) is 12.3 Å². The Morgan fingerprint density at radius 2 is 2.00 bits per heavy atom. The van der Waals surface area contributed by atoms with Crippen LogP contribution in [0.2, 0.25) is 0 Å². The van der Waals surface area contributed by atoms with Gasteiger partial charge in [-0.3, -0.25) is 4.79 Å². The molecule has 1 saturated carbocycles. The van der Waals surface area contributed by atoms with Crippen molar-refractivity contribution in [1.82, 2.24) is 5.32 Å². The molecule has 1 aliphatic heterocycles. The summed E-state index contributed by atoms with van der Waals surface area (Å²) in [7, 11) is 0. The molecule has 5 heteroatoms. The fourth-order valence-corrected chi connectivity index (χ4v) is 1.86. The summed E-state index contributed by atoms with van der Waals surface area (Å²) in [6, 6.07) is 0.455. The van der Waals surface area contributed by atoms with E-state index >= 15 is 0 Å². The first kappa shape index (κ1) is 12.7. The maximum absolute atomic E-state index is 11.5. The Labute approximate surface area is 96.3 Å². The van der Waals surface area contributed by atoms with Gasteiger partial charge in [0, 0.05) is 31.7 Å². The van der Waals surface area contributed by atoms with Crippen molar-refractivity contribution in [1.29, 1.82) is 0 Å². The first-order valence-electron chi connectivity index (χ1n) is 5.38. The molecule has 1 heterocycles. The first-order valence-corrected chi connectivity index (χ1v) is 5.38. The third kappa shape index (κ3) is 3.97. The zero-order valence-corrected chi connectivity index (χ0v) is 9.59. The Kier molecular flexibility index (Phi) is 4.83. The average Bonchev–Trinajstić information content (AvgIpc) is 2.83. The molecular weight excluding hydrogens is 216 g/mol. The van der Waals surface area contributed by atoms with E-state index in [1.54, 1.807) is 0 Å². The van der Waals surface area contributed by atoms with Gasteiger partial charge in [-0.25, -0.2) is 0 Å². The molecule has 0 radical (unpaired) electrons. The number of nitrogens with one attached hydrogen (secondary N) is 1. The number of carbonyl (C=O) groups is 1. The van der Waals surface area contributed by atoms with E-state index in [9.17, 15) is 4.79 Å². The Bertz CT molecular complexity index is 219. The minimum Gasteiger partial charge on any atom is -0.381 e. The average molecular weight is 235 g/mol. The summed E-state index contributed by atoms with van der Waals surface area (Å²) in [5, 5.41) is 2.95. The highest BCUT2D eigenvalue weighted by Crippen LogP contribution is 2.21. The highest BCUT2D eigenvalue weighted by atomic mass is 35.5. The van der Waals surface area contributed by atoms with Crippen LogP contribution in [0.15, 0.2) is 0 Å². The van der Waals surface area contributed by atoms with Crippen molar-refractivity contribution in [3.8, 4) is 0 Å². The molecule has 0 aromatic rings. The molecule has 0 aromatic carbocycles. The van der Waals surface area contributed by atoms with Gasteiger partial charge in [0.25, 0.3) is 0 Å². The Morgan fingerprint density at radius 1 is 1.40 bits per heavy atom. The monoisotopic (exact) mass is 234 g/mol. The van der Waals surface area contributed by atoms with Crippen LogP contribution < -0.4 is 11.1 Å². The lowest BCUT2D eigenvalue weighted by Gasteiger charge is -2.21. The predicted molar refractivity (Wildman–Crippen MR) is 59.9 cm³/mol. The number of carbonyl (C=O) groups excluding carboxylic acids is 1. The fourth-order valence-electron chi connectivity index (χ4n) is 1.86. The van der Waals surface area contributed by atoms with E-state index < -0.39 is 0 Å². The van der Waals surface area contributed by atoms with Gasteiger partial charge in [0.2, 0.25) is 5.91 Å². The molecule has 2 fully saturated rings. The maximum atomic E-state index is 11.5. The smallest absolute Gasteiger partial charge is 0.220 e. The van der Waals surface area contributed by atoms with Crippen molar-refractivity contribution >= 4 is 18.3 Å². The molecule has 2 atom stereocenters. The van der Waals surface area contributed by atoms with E-state index in [0.717, 1.165) is 32.5 Å². The second-order valence-electron chi connectivity index (χ2n) is 4.33. The fraction of sp³-hybridized carbons (Fsp3) is 0.900. The molecule has 4 nitrogen and oxygen atoms in total. The third-order valence-electron chi connectivity index (χ3n) is 3.00. The Morgan fingerprint density at radius 3 is 2.53 bits per heavy atom. The summed E-state index contributed by atoms with van der Waals surface area (Å²) in [5.41, 5.74) is 5.61. The highest BCUT2D eigenvalue weighted by molar-refractivity contribution is 5.85. The van der Waals surface area contributed by atoms with Crippen LogP contribution in [0.5, 0.6) is 0 Å². The van der Waals surface area contributed by atoms with Crippen LogP contribution in [0.1, 0.15) is 25.7 Å². The number of halogens is 1. The van der Waals surface area contributed by atoms with Crippen molar-refractivity contribution in [3.05, 3.63) is 0 Å². The lowest BCUT2D eigenvalue weighted by atomic mass is 9.96. The van der Waals surface area contributed by atoms with Crippen LogP contribution >= 0.6 is 12.4 Å². The van der Waals surface area contributed by atoms with Gasteiger partial charge >= 0.3 is 0 Å². The van der Waals surface area contributed by atoms with Gasteiger partial charge in [-0.05, 0) is 25.2 Å². The zero-order chi connectivity index (χ0) is 9.97. The standard InChI is InChI=1S/C10H18N2O2.ClH/c11-8-6-9(8)12-10(13)5-7-1-3-14-4-2-7;/h7-9H,1-6,11H2,(H,12,13);1H. The topological polar surface area (TPSA) is 64.3 Å². The number of ether oxygens (including phenoxy) is 1. The molecule has 1 aliphatic carbocycles. The molecule has 0 spiro atoms. The minimum absolute atomic E-state index is 0. The predicted octanol–water partition coefficient (Wildman–Crippen LogP) is 0.441. The van der Waals surface area contributed by atoms with Crippen molar-refractivity contribution in [3.63, 3.8) is 0 Å². The quantitative estimate of drug-likeness (QED) is 0.745. The van der Waals surface area contributed by atoms with Crippen molar-refractivity contribution in [2.75, 3.05) is 13.2 Å². The molecule has 3 N–H and O–H groups in total. The highest BCUT2D eigenvalue weighted by Gasteiger charge is 2.34. The van der Waals surface area contributed by atoms with Gasteiger partial charge in [0.15, 0.2) is 0 Å². The molecule has 0 bridgehead atoms. The van der Waals surface area contributed by atoms with Gasteiger partial charge in [0.1, 0.15) is 0 Å². The van der Waals surface area contributed by atoms with Gasteiger partial charge in [0.05, 0.1) is 0 Å². The van der Waals surface area contributed by atoms with E-state index in [2.05, 4.69) is 5.32 Å². The molecule has 1 saturated heterocycles.